The number of nitrogens with one attached hydrogen (secondary N) is 1. The molecule has 26 heavy (non-hydrogen) atoms. The number of rotatable bonds is 5. The fraction of sp³-hybridized carbons (Fsp3) is 0.500. The largest absolute Gasteiger partial charge is 0.489 e. The Hall–Kier alpha value is -2.34. The molecule has 1 amide bonds. The topological polar surface area (TPSA) is 67.6 Å². The fourth-order valence-corrected chi connectivity index (χ4v) is 3.11. The molecule has 0 aliphatic carbocycles. The number of carbonyl (C=O) groups excluding carboxylic acids is 1. The second-order valence-corrected chi connectivity index (χ2v) is 7.15. The summed E-state index contributed by atoms with van der Waals surface area (Å²) in [5.74, 6) is 1.20. The lowest BCUT2D eigenvalue weighted by Crippen LogP contribution is -2.43. The summed E-state index contributed by atoms with van der Waals surface area (Å²) in [5.41, 5.74) is 3.42. The first kappa shape index (κ1) is 18.5. The summed E-state index contributed by atoms with van der Waals surface area (Å²) in [6, 6.07) is 6.14. The van der Waals surface area contributed by atoms with Gasteiger partial charge >= 0.3 is 0 Å². The van der Waals surface area contributed by atoms with Gasteiger partial charge in [0.1, 0.15) is 18.1 Å². The number of nitrogens with zero attached hydrogens (tertiary/aromatic N) is 2. The number of ether oxygens (including phenoxy) is 1. The lowest BCUT2D eigenvalue weighted by molar-refractivity contribution is 0.0905. The van der Waals surface area contributed by atoms with Crippen molar-refractivity contribution in [1.82, 2.24) is 15.4 Å². The number of hydrogen-bond donors (Lipinski definition) is 1. The predicted molar refractivity (Wildman–Crippen MR) is 99.5 cm³/mol. The predicted octanol–water partition coefficient (Wildman–Crippen LogP) is 3.00. The molecule has 1 aromatic carbocycles. The molecule has 6 heteroatoms. The molecule has 6 nitrogen and oxygen atoms in total. The van der Waals surface area contributed by atoms with Crippen molar-refractivity contribution in [2.75, 3.05) is 20.1 Å². The molecule has 0 radical (unpaired) electrons. The van der Waals surface area contributed by atoms with Crippen molar-refractivity contribution in [3.05, 3.63) is 46.3 Å². The van der Waals surface area contributed by atoms with E-state index in [9.17, 15) is 4.79 Å². The van der Waals surface area contributed by atoms with Crippen molar-refractivity contribution < 1.29 is 14.1 Å². The molecule has 1 fully saturated rings. The molecular weight excluding hydrogens is 330 g/mol. The minimum Gasteiger partial charge on any atom is -0.489 e. The van der Waals surface area contributed by atoms with Crippen LogP contribution < -0.4 is 10.1 Å². The molecule has 0 spiro atoms. The van der Waals surface area contributed by atoms with Gasteiger partial charge in [-0.05, 0) is 77.0 Å². The average Bonchev–Trinajstić information content (AvgIpc) is 2.99. The number of hydrogen-bond acceptors (Lipinski definition) is 5. The number of aryl methyl sites for hydroxylation is 3. The first-order valence-electron chi connectivity index (χ1n) is 9.08. The summed E-state index contributed by atoms with van der Waals surface area (Å²) in [5, 5.41) is 7.04. The summed E-state index contributed by atoms with van der Waals surface area (Å²) in [6.45, 7) is 8.16. The number of aromatic nitrogens is 1. The Kier molecular flexibility index (Phi) is 5.61. The number of carbonyl (C=O) groups is 1. The van der Waals surface area contributed by atoms with Gasteiger partial charge in [-0.3, -0.25) is 4.79 Å². The molecule has 1 saturated heterocycles. The molecule has 140 valence electrons. The van der Waals surface area contributed by atoms with E-state index in [0.717, 1.165) is 31.7 Å². The maximum atomic E-state index is 12.6. The van der Waals surface area contributed by atoms with Crippen LogP contribution in [0.1, 0.15) is 45.8 Å². The van der Waals surface area contributed by atoms with Gasteiger partial charge in [-0.15, -0.1) is 0 Å². The second kappa shape index (κ2) is 7.91. The Morgan fingerprint density at radius 3 is 2.69 bits per heavy atom. The first-order chi connectivity index (χ1) is 12.4. The van der Waals surface area contributed by atoms with Crippen molar-refractivity contribution in [3.63, 3.8) is 0 Å². The van der Waals surface area contributed by atoms with E-state index in [1.165, 1.54) is 11.1 Å². The van der Waals surface area contributed by atoms with Crippen molar-refractivity contribution in [2.24, 2.45) is 0 Å². The summed E-state index contributed by atoms with van der Waals surface area (Å²) in [7, 11) is 2.10. The monoisotopic (exact) mass is 357 g/mol. The van der Waals surface area contributed by atoms with Gasteiger partial charge in [0, 0.05) is 6.04 Å². The Labute approximate surface area is 154 Å². The van der Waals surface area contributed by atoms with Crippen LogP contribution in [0.5, 0.6) is 5.75 Å². The van der Waals surface area contributed by atoms with Crippen LogP contribution in [0.3, 0.4) is 0 Å². The van der Waals surface area contributed by atoms with Gasteiger partial charge < -0.3 is 19.5 Å². The van der Waals surface area contributed by atoms with E-state index >= 15 is 0 Å². The molecule has 2 aromatic rings. The van der Waals surface area contributed by atoms with Gasteiger partial charge in [0.05, 0.1) is 5.56 Å². The first-order valence-corrected chi connectivity index (χ1v) is 9.08. The van der Waals surface area contributed by atoms with E-state index in [1.807, 2.05) is 25.1 Å². The van der Waals surface area contributed by atoms with Crippen molar-refractivity contribution in [3.8, 4) is 5.75 Å². The second-order valence-electron chi connectivity index (χ2n) is 7.15. The molecule has 3 rings (SSSR count). The van der Waals surface area contributed by atoms with Crippen LogP contribution in [0.4, 0.5) is 0 Å². The summed E-state index contributed by atoms with van der Waals surface area (Å²) in [4.78, 5) is 14.9. The van der Waals surface area contributed by atoms with E-state index in [4.69, 9.17) is 9.26 Å². The summed E-state index contributed by atoms with van der Waals surface area (Å²) in [6.07, 6.45) is 1.90. The van der Waals surface area contributed by atoms with Gasteiger partial charge in [-0.2, -0.15) is 0 Å². The van der Waals surface area contributed by atoms with Gasteiger partial charge in [0.2, 0.25) is 0 Å². The van der Waals surface area contributed by atoms with Crippen LogP contribution in [0.2, 0.25) is 0 Å². The minimum atomic E-state index is -0.185. The molecule has 0 saturated carbocycles. The molecular formula is C20H27N3O3. The Morgan fingerprint density at radius 1 is 1.27 bits per heavy atom. The zero-order valence-electron chi connectivity index (χ0n) is 16.0. The standard InChI is InChI=1S/C20H27N3O3/c1-13-5-6-17(11-14(13)2)25-12-18-15(3)26-22-19(18)20(24)21-16-7-9-23(4)10-8-16/h5-6,11,16H,7-10,12H2,1-4H3,(H,21,24). The number of benzene rings is 1. The van der Waals surface area contributed by atoms with Crippen LogP contribution in [0.15, 0.2) is 22.7 Å². The van der Waals surface area contributed by atoms with Crippen LogP contribution >= 0.6 is 0 Å². The van der Waals surface area contributed by atoms with Gasteiger partial charge in [0.25, 0.3) is 5.91 Å². The Balaban J connectivity index is 1.66. The number of piperidine rings is 1. The molecule has 0 atom stereocenters. The quantitative estimate of drug-likeness (QED) is 0.891. The summed E-state index contributed by atoms with van der Waals surface area (Å²) >= 11 is 0. The lowest BCUT2D eigenvalue weighted by atomic mass is 10.1. The molecule has 1 aliphatic rings. The van der Waals surface area contributed by atoms with E-state index < -0.39 is 0 Å². The van der Waals surface area contributed by atoms with Crippen LogP contribution in [0.25, 0.3) is 0 Å². The fourth-order valence-electron chi connectivity index (χ4n) is 3.11. The highest BCUT2D eigenvalue weighted by molar-refractivity contribution is 5.94. The smallest absolute Gasteiger partial charge is 0.274 e. The maximum Gasteiger partial charge on any atom is 0.274 e. The normalized spacial score (nSPS) is 15.8. The van der Waals surface area contributed by atoms with E-state index in [2.05, 4.69) is 29.3 Å². The summed E-state index contributed by atoms with van der Waals surface area (Å²) < 4.78 is 11.1. The van der Waals surface area contributed by atoms with E-state index in [1.54, 1.807) is 6.92 Å². The molecule has 1 N–H and O–H groups in total. The molecule has 1 aliphatic heterocycles. The average molecular weight is 357 g/mol. The van der Waals surface area contributed by atoms with Crippen LogP contribution in [-0.4, -0.2) is 42.1 Å². The highest BCUT2D eigenvalue weighted by atomic mass is 16.5. The minimum absolute atomic E-state index is 0.184. The molecule has 1 aromatic heterocycles. The SMILES string of the molecule is Cc1ccc(OCc2c(C(=O)NC3CCN(C)CC3)noc2C)cc1C. The van der Waals surface area contributed by atoms with E-state index in [-0.39, 0.29) is 18.6 Å². The highest BCUT2D eigenvalue weighted by Gasteiger charge is 2.24. The lowest BCUT2D eigenvalue weighted by Gasteiger charge is -2.29. The molecule has 0 unspecified atom stereocenters. The Bertz CT molecular complexity index is 777. The highest BCUT2D eigenvalue weighted by Crippen LogP contribution is 2.21. The van der Waals surface area contributed by atoms with Gasteiger partial charge in [0.15, 0.2) is 5.69 Å². The van der Waals surface area contributed by atoms with Crippen molar-refractivity contribution in [2.45, 2.75) is 46.3 Å². The van der Waals surface area contributed by atoms with Gasteiger partial charge in [-0.1, -0.05) is 11.2 Å². The number of amides is 1. The van der Waals surface area contributed by atoms with Crippen LogP contribution in [0, 0.1) is 20.8 Å². The third-order valence-corrected chi connectivity index (χ3v) is 5.12. The number of likely N-dealkylation sites (tertiary alicyclic amines) is 1. The van der Waals surface area contributed by atoms with Crippen molar-refractivity contribution >= 4 is 5.91 Å². The maximum absolute atomic E-state index is 12.6. The van der Waals surface area contributed by atoms with Crippen molar-refractivity contribution in [1.29, 1.82) is 0 Å². The zero-order valence-corrected chi connectivity index (χ0v) is 16.0. The third kappa shape index (κ3) is 4.25. The zero-order chi connectivity index (χ0) is 18.7. The van der Waals surface area contributed by atoms with E-state index in [0.29, 0.717) is 17.0 Å². The van der Waals surface area contributed by atoms with Crippen LogP contribution in [-0.2, 0) is 6.61 Å². The third-order valence-electron chi connectivity index (χ3n) is 5.12. The Morgan fingerprint density at radius 2 is 2.00 bits per heavy atom. The molecule has 0 bridgehead atoms. The molecule has 2 heterocycles. The van der Waals surface area contributed by atoms with Gasteiger partial charge in [-0.25, -0.2) is 0 Å².